The number of nitrogens with zero attached hydrogens (tertiary/aromatic N) is 1. The molecule has 0 saturated heterocycles. The molecule has 0 N–H and O–H groups in total. The van der Waals surface area contributed by atoms with Crippen LogP contribution in [0.3, 0.4) is 0 Å². The molecule has 1 heterocycles. The van der Waals surface area contributed by atoms with Crippen molar-refractivity contribution in [2.45, 2.75) is 39.2 Å². The first-order valence-corrected chi connectivity index (χ1v) is 6.54. The van der Waals surface area contributed by atoms with E-state index < -0.39 is 5.60 Å². The van der Waals surface area contributed by atoms with E-state index in [4.69, 9.17) is 16.3 Å². The summed E-state index contributed by atoms with van der Waals surface area (Å²) in [4.78, 5) is 13.8. The molecule has 1 aliphatic rings. The lowest BCUT2D eigenvalue weighted by Gasteiger charge is -2.32. The highest BCUT2D eigenvalue weighted by Crippen LogP contribution is 2.33. The number of ether oxygens (including phenoxy) is 1. The first kappa shape index (κ1) is 13.2. The molecule has 1 aromatic rings. The van der Waals surface area contributed by atoms with E-state index in [1.807, 2.05) is 39.0 Å². The van der Waals surface area contributed by atoms with Gasteiger partial charge in [-0.25, -0.2) is 4.79 Å². The molecule has 18 heavy (non-hydrogen) atoms. The smallest absolute Gasteiger partial charge is 0.414 e. The Morgan fingerprint density at radius 2 is 2.11 bits per heavy atom. The number of amides is 1. The van der Waals surface area contributed by atoms with E-state index in [0.29, 0.717) is 6.54 Å². The number of benzene rings is 1. The fraction of sp³-hybridized carbons (Fsp3) is 0.500. The van der Waals surface area contributed by atoms with Gasteiger partial charge in [0.15, 0.2) is 0 Å². The van der Waals surface area contributed by atoms with Gasteiger partial charge in [0.05, 0.1) is 5.69 Å². The second-order valence-electron chi connectivity index (χ2n) is 5.47. The second-order valence-corrected chi connectivity index (χ2v) is 5.88. The third-order valence-electron chi connectivity index (χ3n) is 2.81. The lowest BCUT2D eigenvalue weighted by molar-refractivity contribution is 0.0578. The van der Waals surface area contributed by atoms with Gasteiger partial charge in [-0.1, -0.05) is 17.7 Å². The van der Waals surface area contributed by atoms with Gasteiger partial charge in [0.1, 0.15) is 5.60 Å². The monoisotopic (exact) mass is 267 g/mol. The number of hydrogen-bond acceptors (Lipinski definition) is 2. The van der Waals surface area contributed by atoms with Crippen LogP contribution in [0.15, 0.2) is 18.2 Å². The quantitative estimate of drug-likeness (QED) is 0.710. The Morgan fingerprint density at radius 1 is 1.39 bits per heavy atom. The average Bonchev–Trinajstić information content (AvgIpc) is 2.26. The normalized spacial score (nSPS) is 15.2. The molecule has 2 rings (SSSR count). The van der Waals surface area contributed by atoms with Crippen molar-refractivity contribution in [2.75, 3.05) is 11.4 Å². The fourth-order valence-electron chi connectivity index (χ4n) is 2.09. The molecule has 0 saturated carbocycles. The predicted octanol–water partition coefficient (Wildman–Crippen LogP) is 4.03. The van der Waals surface area contributed by atoms with Crippen LogP contribution in [0.1, 0.15) is 32.8 Å². The summed E-state index contributed by atoms with van der Waals surface area (Å²) in [6.07, 6.45) is 1.52. The Bertz CT molecular complexity index is 465. The molecule has 98 valence electrons. The fourth-order valence-corrected chi connectivity index (χ4v) is 2.35. The number of carbonyl (C=O) groups is 1. The van der Waals surface area contributed by atoms with Gasteiger partial charge in [-0.2, -0.15) is 0 Å². The van der Waals surface area contributed by atoms with Crippen LogP contribution in [0.5, 0.6) is 0 Å². The van der Waals surface area contributed by atoms with E-state index in [2.05, 4.69) is 0 Å². The van der Waals surface area contributed by atoms with E-state index in [0.717, 1.165) is 29.1 Å². The van der Waals surface area contributed by atoms with E-state index in [-0.39, 0.29) is 6.09 Å². The van der Waals surface area contributed by atoms with Gasteiger partial charge < -0.3 is 4.74 Å². The van der Waals surface area contributed by atoms with Crippen molar-refractivity contribution in [3.63, 3.8) is 0 Å². The van der Waals surface area contributed by atoms with Crippen molar-refractivity contribution >= 4 is 23.4 Å². The zero-order chi connectivity index (χ0) is 13.3. The zero-order valence-electron chi connectivity index (χ0n) is 11.0. The summed E-state index contributed by atoms with van der Waals surface area (Å²) in [5.41, 5.74) is 1.44. The zero-order valence-corrected chi connectivity index (χ0v) is 11.8. The molecule has 3 nitrogen and oxygen atoms in total. The highest BCUT2D eigenvalue weighted by Gasteiger charge is 2.27. The minimum atomic E-state index is -0.479. The van der Waals surface area contributed by atoms with Crippen LogP contribution in [0.25, 0.3) is 0 Å². The predicted molar refractivity (Wildman–Crippen MR) is 73.4 cm³/mol. The highest BCUT2D eigenvalue weighted by molar-refractivity contribution is 6.31. The number of carbonyl (C=O) groups excluding carboxylic acids is 1. The lowest BCUT2D eigenvalue weighted by atomic mass is 10.0. The molecule has 0 atom stereocenters. The molecule has 1 amide bonds. The minimum Gasteiger partial charge on any atom is -0.443 e. The number of anilines is 1. The summed E-state index contributed by atoms with van der Waals surface area (Å²) < 4.78 is 5.42. The van der Waals surface area contributed by atoms with Crippen molar-refractivity contribution in [1.82, 2.24) is 0 Å². The van der Waals surface area contributed by atoms with E-state index in [1.165, 1.54) is 0 Å². The Hall–Kier alpha value is -1.22. The summed E-state index contributed by atoms with van der Waals surface area (Å²) in [6.45, 7) is 6.29. The molecule has 0 bridgehead atoms. The Balaban J connectivity index is 2.28. The van der Waals surface area contributed by atoms with Crippen LogP contribution in [-0.4, -0.2) is 18.2 Å². The molecule has 0 aromatic heterocycles. The average molecular weight is 268 g/mol. The van der Waals surface area contributed by atoms with Crippen LogP contribution in [0.2, 0.25) is 5.02 Å². The SMILES string of the molecule is CC(C)(C)OC(=O)N1CCCc2c(Cl)cccc21. The maximum atomic E-state index is 12.1. The first-order valence-electron chi connectivity index (χ1n) is 6.16. The van der Waals surface area contributed by atoms with Gasteiger partial charge in [0, 0.05) is 11.6 Å². The van der Waals surface area contributed by atoms with Gasteiger partial charge in [-0.05, 0) is 51.3 Å². The molecule has 0 aliphatic carbocycles. The van der Waals surface area contributed by atoms with Gasteiger partial charge >= 0.3 is 6.09 Å². The molecule has 1 aromatic carbocycles. The Morgan fingerprint density at radius 3 is 2.78 bits per heavy atom. The highest BCUT2D eigenvalue weighted by atomic mass is 35.5. The van der Waals surface area contributed by atoms with E-state index >= 15 is 0 Å². The standard InChI is InChI=1S/C14H18ClNO2/c1-14(2,3)18-13(17)16-9-5-6-10-11(15)7-4-8-12(10)16/h4,7-8H,5-6,9H2,1-3H3. The van der Waals surface area contributed by atoms with Gasteiger partial charge in [0.25, 0.3) is 0 Å². The number of fused-ring (bicyclic) bond motifs is 1. The summed E-state index contributed by atoms with van der Waals surface area (Å²) in [7, 11) is 0. The van der Waals surface area contributed by atoms with Crippen LogP contribution in [0.4, 0.5) is 10.5 Å². The van der Waals surface area contributed by atoms with E-state index in [1.54, 1.807) is 4.90 Å². The molecule has 4 heteroatoms. The van der Waals surface area contributed by atoms with Crippen LogP contribution < -0.4 is 4.90 Å². The number of rotatable bonds is 0. The summed E-state index contributed by atoms with van der Waals surface area (Å²) in [5, 5.41) is 0.723. The summed E-state index contributed by atoms with van der Waals surface area (Å²) in [5.74, 6) is 0. The molecule has 0 unspecified atom stereocenters. The summed E-state index contributed by atoms with van der Waals surface area (Å²) >= 11 is 6.17. The number of halogens is 1. The molecule has 1 aliphatic heterocycles. The maximum Gasteiger partial charge on any atom is 0.414 e. The largest absolute Gasteiger partial charge is 0.443 e. The first-order chi connectivity index (χ1) is 8.38. The van der Waals surface area contributed by atoms with Crippen molar-refractivity contribution in [2.24, 2.45) is 0 Å². The lowest BCUT2D eigenvalue weighted by Crippen LogP contribution is -2.39. The molecule has 0 fully saturated rings. The molecule has 0 spiro atoms. The van der Waals surface area contributed by atoms with Crippen molar-refractivity contribution in [3.8, 4) is 0 Å². The topological polar surface area (TPSA) is 29.5 Å². The number of hydrogen-bond donors (Lipinski definition) is 0. The third kappa shape index (κ3) is 2.78. The molecular formula is C14H18ClNO2. The van der Waals surface area contributed by atoms with Crippen molar-refractivity contribution in [3.05, 3.63) is 28.8 Å². The van der Waals surface area contributed by atoms with Gasteiger partial charge in [-0.15, -0.1) is 0 Å². The van der Waals surface area contributed by atoms with Gasteiger partial charge in [0.2, 0.25) is 0 Å². The van der Waals surface area contributed by atoms with E-state index in [9.17, 15) is 4.79 Å². The van der Waals surface area contributed by atoms with Gasteiger partial charge in [-0.3, -0.25) is 4.90 Å². The second kappa shape index (κ2) is 4.81. The van der Waals surface area contributed by atoms with Crippen LogP contribution in [0, 0.1) is 0 Å². The van der Waals surface area contributed by atoms with Crippen molar-refractivity contribution in [1.29, 1.82) is 0 Å². The van der Waals surface area contributed by atoms with Crippen LogP contribution in [-0.2, 0) is 11.2 Å². The Labute approximate surface area is 113 Å². The molecular weight excluding hydrogens is 250 g/mol. The van der Waals surface area contributed by atoms with Crippen LogP contribution >= 0.6 is 11.6 Å². The Kier molecular flexibility index (Phi) is 3.53. The third-order valence-corrected chi connectivity index (χ3v) is 3.16. The maximum absolute atomic E-state index is 12.1. The minimum absolute atomic E-state index is 0.300. The summed E-state index contributed by atoms with van der Waals surface area (Å²) in [6, 6.07) is 5.65. The molecule has 0 radical (unpaired) electrons. The van der Waals surface area contributed by atoms with Crippen molar-refractivity contribution < 1.29 is 9.53 Å².